The van der Waals surface area contributed by atoms with Crippen LogP contribution in [0, 0.1) is 0 Å². The molecule has 0 aliphatic rings. The predicted octanol–water partition coefficient (Wildman–Crippen LogP) is 3.46. The summed E-state index contributed by atoms with van der Waals surface area (Å²) in [5.41, 5.74) is 6.63. The Labute approximate surface area is 101 Å². The van der Waals surface area contributed by atoms with Gasteiger partial charge in [-0.3, -0.25) is 0 Å². The Morgan fingerprint density at radius 3 is 2.29 bits per heavy atom. The first-order valence-corrected chi connectivity index (χ1v) is 6.08. The fraction of sp³-hybridized carbons (Fsp3) is 0.400. The van der Waals surface area contributed by atoms with Crippen LogP contribution in [0.5, 0.6) is 5.75 Å². The molecule has 14 heavy (non-hydrogen) atoms. The number of rotatable bonds is 4. The van der Waals surface area contributed by atoms with Crippen LogP contribution < -0.4 is 10.5 Å². The molecule has 1 rings (SSSR count). The van der Waals surface area contributed by atoms with E-state index < -0.39 is 0 Å². The van der Waals surface area contributed by atoms with E-state index in [4.69, 9.17) is 10.5 Å². The van der Waals surface area contributed by atoms with Gasteiger partial charge in [-0.25, -0.2) is 0 Å². The summed E-state index contributed by atoms with van der Waals surface area (Å²) >= 11 is 6.92. The van der Waals surface area contributed by atoms with E-state index in [0.29, 0.717) is 6.54 Å². The standard InChI is InChI=1S/C10H13Br2NO/c1-2-3-14-10-8(11)4-7(6-13)5-9(10)12/h4-5H,2-3,6,13H2,1H3. The summed E-state index contributed by atoms with van der Waals surface area (Å²) in [5.74, 6) is 0.851. The molecule has 2 N–H and O–H groups in total. The zero-order valence-corrected chi connectivity index (χ0v) is 11.2. The van der Waals surface area contributed by atoms with Crippen molar-refractivity contribution >= 4 is 31.9 Å². The molecule has 2 nitrogen and oxygen atoms in total. The van der Waals surface area contributed by atoms with Crippen molar-refractivity contribution in [2.45, 2.75) is 19.9 Å². The number of ether oxygens (including phenoxy) is 1. The van der Waals surface area contributed by atoms with Crippen molar-refractivity contribution < 1.29 is 4.74 Å². The van der Waals surface area contributed by atoms with Gasteiger partial charge in [0, 0.05) is 6.54 Å². The molecule has 0 spiro atoms. The molecule has 0 amide bonds. The van der Waals surface area contributed by atoms with Gasteiger partial charge in [-0.05, 0) is 56.0 Å². The molecule has 0 saturated heterocycles. The van der Waals surface area contributed by atoms with E-state index in [1.54, 1.807) is 0 Å². The van der Waals surface area contributed by atoms with Crippen molar-refractivity contribution in [3.05, 3.63) is 26.6 Å². The van der Waals surface area contributed by atoms with Gasteiger partial charge >= 0.3 is 0 Å². The lowest BCUT2D eigenvalue weighted by Crippen LogP contribution is -2.00. The first kappa shape index (κ1) is 12.0. The monoisotopic (exact) mass is 321 g/mol. The van der Waals surface area contributed by atoms with E-state index >= 15 is 0 Å². The zero-order chi connectivity index (χ0) is 10.6. The van der Waals surface area contributed by atoms with Crippen LogP contribution in [0.1, 0.15) is 18.9 Å². The van der Waals surface area contributed by atoms with Crippen molar-refractivity contribution in [2.24, 2.45) is 5.73 Å². The highest BCUT2D eigenvalue weighted by Crippen LogP contribution is 2.34. The van der Waals surface area contributed by atoms with Gasteiger partial charge < -0.3 is 10.5 Å². The molecule has 0 fully saturated rings. The highest BCUT2D eigenvalue weighted by Gasteiger charge is 2.07. The highest BCUT2D eigenvalue weighted by atomic mass is 79.9. The van der Waals surface area contributed by atoms with Gasteiger partial charge in [0.1, 0.15) is 5.75 Å². The van der Waals surface area contributed by atoms with Crippen molar-refractivity contribution in [3.63, 3.8) is 0 Å². The second-order valence-electron chi connectivity index (χ2n) is 2.94. The van der Waals surface area contributed by atoms with Crippen LogP contribution >= 0.6 is 31.9 Å². The summed E-state index contributed by atoms with van der Waals surface area (Å²) in [4.78, 5) is 0. The Balaban J connectivity index is 2.93. The van der Waals surface area contributed by atoms with E-state index in [2.05, 4.69) is 38.8 Å². The molecule has 0 bridgehead atoms. The van der Waals surface area contributed by atoms with Crippen LogP contribution in [0.4, 0.5) is 0 Å². The topological polar surface area (TPSA) is 35.2 Å². The van der Waals surface area contributed by atoms with Gasteiger partial charge in [-0.2, -0.15) is 0 Å². The quantitative estimate of drug-likeness (QED) is 0.921. The second kappa shape index (κ2) is 5.73. The Hall–Kier alpha value is -0.0600. The van der Waals surface area contributed by atoms with E-state index in [0.717, 1.165) is 33.3 Å². The molecule has 0 heterocycles. The van der Waals surface area contributed by atoms with Crippen molar-refractivity contribution in [1.82, 2.24) is 0 Å². The molecule has 0 aliphatic heterocycles. The maximum Gasteiger partial charge on any atom is 0.147 e. The molecule has 0 atom stereocenters. The lowest BCUT2D eigenvalue weighted by Gasteiger charge is -2.10. The maximum atomic E-state index is 5.58. The fourth-order valence-corrected chi connectivity index (χ4v) is 2.58. The molecule has 78 valence electrons. The molecule has 4 heteroatoms. The van der Waals surface area contributed by atoms with Gasteiger partial charge in [0.15, 0.2) is 0 Å². The largest absolute Gasteiger partial charge is 0.491 e. The fourth-order valence-electron chi connectivity index (χ4n) is 1.07. The van der Waals surface area contributed by atoms with Crippen LogP contribution in [-0.4, -0.2) is 6.61 Å². The third-order valence-corrected chi connectivity index (χ3v) is 2.92. The van der Waals surface area contributed by atoms with Gasteiger partial charge in [0.2, 0.25) is 0 Å². The van der Waals surface area contributed by atoms with Crippen LogP contribution in [0.2, 0.25) is 0 Å². The lowest BCUT2D eigenvalue weighted by molar-refractivity contribution is 0.313. The Morgan fingerprint density at radius 1 is 1.29 bits per heavy atom. The minimum atomic E-state index is 0.533. The molecule has 1 aromatic carbocycles. The van der Waals surface area contributed by atoms with Crippen molar-refractivity contribution in [1.29, 1.82) is 0 Å². The second-order valence-corrected chi connectivity index (χ2v) is 4.65. The van der Waals surface area contributed by atoms with Crippen molar-refractivity contribution in [2.75, 3.05) is 6.61 Å². The predicted molar refractivity (Wildman–Crippen MR) is 65.5 cm³/mol. The minimum Gasteiger partial charge on any atom is -0.491 e. The first-order valence-electron chi connectivity index (χ1n) is 4.49. The summed E-state index contributed by atoms with van der Waals surface area (Å²) in [5, 5.41) is 0. The Kier molecular flexibility index (Phi) is 4.92. The summed E-state index contributed by atoms with van der Waals surface area (Å²) < 4.78 is 7.47. The molecular weight excluding hydrogens is 310 g/mol. The summed E-state index contributed by atoms with van der Waals surface area (Å²) in [6.45, 7) is 3.33. The highest BCUT2D eigenvalue weighted by molar-refractivity contribution is 9.11. The molecular formula is C10H13Br2NO. The number of nitrogens with two attached hydrogens (primary N) is 1. The van der Waals surface area contributed by atoms with Crippen LogP contribution in [-0.2, 0) is 6.54 Å². The summed E-state index contributed by atoms with van der Waals surface area (Å²) in [6, 6.07) is 3.96. The first-order chi connectivity index (χ1) is 6.69. The maximum absolute atomic E-state index is 5.58. The van der Waals surface area contributed by atoms with Crippen molar-refractivity contribution in [3.8, 4) is 5.75 Å². The third kappa shape index (κ3) is 2.97. The summed E-state index contributed by atoms with van der Waals surface area (Å²) in [6.07, 6.45) is 0.998. The number of hydrogen-bond acceptors (Lipinski definition) is 2. The number of benzene rings is 1. The van der Waals surface area contributed by atoms with Gasteiger partial charge in [0.05, 0.1) is 15.6 Å². The van der Waals surface area contributed by atoms with Gasteiger partial charge in [-0.1, -0.05) is 6.92 Å². The van der Waals surface area contributed by atoms with Crippen LogP contribution in [0.3, 0.4) is 0 Å². The number of halogens is 2. The molecule has 1 aromatic rings. The van der Waals surface area contributed by atoms with Crippen LogP contribution in [0.15, 0.2) is 21.1 Å². The smallest absolute Gasteiger partial charge is 0.147 e. The van der Waals surface area contributed by atoms with E-state index in [1.165, 1.54) is 0 Å². The van der Waals surface area contributed by atoms with E-state index in [9.17, 15) is 0 Å². The SMILES string of the molecule is CCCOc1c(Br)cc(CN)cc1Br. The number of hydrogen-bond donors (Lipinski definition) is 1. The van der Waals surface area contributed by atoms with Crippen LogP contribution in [0.25, 0.3) is 0 Å². The minimum absolute atomic E-state index is 0.533. The molecule has 0 radical (unpaired) electrons. The normalized spacial score (nSPS) is 10.3. The summed E-state index contributed by atoms with van der Waals surface area (Å²) in [7, 11) is 0. The zero-order valence-electron chi connectivity index (χ0n) is 8.02. The van der Waals surface area contributed by atoms with E-state index in [-0.39, 0.29) is 0 Å². The van der Waals surface area contributed by atoms with Gasteiger partial charge in [-0.15, -0.1) is 0 Å². The average Bonchev–Trinajstić information content (AvgIpc) is 2.16. The van der Waals surface area contributed by atoms with E-state index in [1.807, 2.05) is 12.1 Å². The molecule has 0 saturated carbocycles. The lowest BCUT2D eigenvalue weighted by atomic mass is 10.2. The molecule has 0 unspecified atom stereocenters. The average molecular weight is 323 g/mol. The molecule has 0 aromatic heterocycles. The third-order valence-electron chi connectivity index (χ3n) is 1.74. The van der Waals surface area contributed by atoms with Gasteiger partial charge in [0.25, 0.3) is 0 Å². The Morgan fingerprint density at radius 2 is 1.86 bits per heavy atom. The molecule has 0 aliphatic carbocycles. The Bertz CT molecular complexity index is 292.